The number of hydrogen-bond donors (Lipinski definition) is 1. The van der Waals surface area contributed by atoms with Crippen LogP contribution in [0.15, 0.2) is 48.5 Å². The van der Waals surface area contributed by atoms with E-state index in [1.807, 2.05) is 61.0 Å². The highest BCUT2D eigenvalue weighted by atomic mass is 32.2. The van der Waals surface area contributed by atoms with Gasteiger partial charge in [-0.05, 0) is 55.3 Å². The summed E-state index contributed by atoms with van der Waals surface area (Å²) in [6.45, 7) is 4.50. The second-order valence-corrected chi connectivity index (χ2v) is 9.00. The third kappa shape index (κ3) is 3.81. The molecule has 0 amide bonds. The van der Waals surface area contributed by atoms with Crippen molar-refractivity contribution in [1.82, 2.24) is 14.5 Å². The molecular weight excluding hydrogens is 374 g/mol. The van der Waals surface area contributed by atoms with E-state index in [9.17, 15) is 8.42 Å². The number of nitrogens with one attached hydrogen (secondary N) is 1. The second-order valence-electron chi connectivity index (χ2n) is 7.22. The van der Waals surface area contributed by atoms with Gasteiger partial charge in [0.25, 0.3) is 0 Å². The Labute approximate surface area is 165 Å². The Morgan fingerprint density at radius 3 is 2.61 bits per heavy atom. The Balaban J connectivity index is 1.74. The maximum absolute atomic E-state index is 11.7. The predicted molar refractivity (Wildman–Crippen MR) is 109 cm³/mol. The number of benzene rings is 2. The van der Waals surface area contributed by atoms with Gasteiger partial charge in [-0.2, -0.15) is 5.10 Å². The number of ether oxygens (including phenoxy) is 1. The highest BCUT2D eigenvalue weighted by Crippen LogP contribution is 2.36. The van der Waals surface area contributed by atoms with Crippen molar-refractivity contribution in [1.29, 1.82) is 0 Å². The van der Waals surface area contributed by atoms with E-state index in [1.54, 1.807) is 0 Å². The summed E-state index contributed by atoms with van der Waals surface area (Å²) in [5.74, 6) is 0.728. The lowest BCUT2D eigenvalue weighted by atomic mass is 9.96. The van der Waals surface area contributed by atoms with Crippen LogP contribution in [0.25, 0.3) is 16.8 Å². The van der Waals surface area contributed by atoms with E-state index in [0.717, 1.165) is 39.5 Å². The first-order valence-corrected chi connectivity index (χ1v) is 11.1. The zero-order valence-electron chi connectivity index (χ0n) is 16.1. The fourth-order valence-electron chi connectivity index (χ4n) is 3.66. The normalized spacial score (nSPS) is 16.5. The first-order chi connectivity index (χ1) is 13.3. The van der Waals surface area contributed by atoms with Gasteiger partial charge in [0, 0.05) is 17.7 Å². The van der Waals surface area contributed by atoms with Gasteiger partial charge in [0.15, 0.2) is 0 Å². The lowest BCUT2D eigenvalue weighted by Gasteiger charge is -2.26. The zero-order chi connectivity index (χ0) is 19.9. The molecule has 1 aliphatic rings. The molecule has 0 spiro atoms. The van der Waals surface area contributed by atoms with Crippen LogP contribution in [0.4, 0.5) is 0 Å². The van der Waals surface area contributed by atoms with Crippen molar-refractivity contribution >= 4 is 10.0 Å². The quantitative estimate of drug-likeness (QED) is 0.731. The number of aromatic nitrogens is 2. The van der Waals surface area contributed by atoms with Gasteiger partial charge >= 0.3 is 0 Å². The third-order valence-electron chi connectivity index (χ3n) is 4.84. The molecule has 0 fully saturated rings. The molecule has 2 aromatic carbocycles. The Hall–Kier alpha value is -2.64. The average Bonchev–Trinajstić information content (AvgIpc) is 2.99. The molecule has 0 radical (unpaired) electrons. The molecule has 146 valence electrons. The fourth-order valence-corrected chi connectivity index (χ4v) is 4.42. The Morgan fingerprint density at radius 1 is 1.11 bits per heavy atom. The van der Waals surface area contributed by atoms with Crippen molar-refractivity contribution in [2.24, 2.45) is 0 Å². The van der Waals surface area contributed by atoms with E-state index in [0.29, 0.717) is 13.0 Å². The van der Waals surface area contributed by atoms with Gasteiger partial charge in [0.2, 0.25) is 10.0 Å². The molecule has 1 aromatic heterocycles. The number of nitrogens with zero attached hydrogens (tertiary/aromatic N) is 2. The maximum Gasteiger partial charge on any atom is 0.209 e. The third-order valence-corrected chi connectivity index (χ3v) is 5.55. The Bertz CT molecular complexity index is 1140. The van der Waals surface area contributed by atoms with Gasteiger partial charge in [0.1, 0.15) is 5.75 Å². The van der Waals surface area contributed by atoms with Gasteiger partial charge in [0.05, 0.1) is 30.3 Å². The van der Waals surface area contributed by atoms with E-state index in [1.165, 1.54) is 6.26 Å². The molecule has 1 atom stereocenters. The van der Waals surface area contributed by atoms with Crippen molar-refractivity contribution < 1.29 is 13.2 Å². The molecule has 3 aromatic rings. The van der Waals surface area contributed by atoms with Crippen LogP contribution in [0, 0.1) is 13.8 Å². The van der Waals surface area contributed by atoms with Crippen LogP contribution >= 0.6 is 0 Å². The van der Waals surface area contributed by atoms with Crippen molar-refractivity contribution in [2.75, 3.05) is 12.9 Å². The van der Waals surface area contributed by atoms with Crippen molar-refractivity contribution in [3.05, 3.63) is 65.5 Å². The summed E-state index contributed by atoms with van der Waals surface area (Å²) in [6.07, 6.45) is 1.79. The number of aryl methyl sites for hydroxylation is 2. The summed E-state index contributed by atoms with van der Waals surface area (Å²) in [4.78, 5) is 0. The molecule has 28 heavy (non-hydrogen) atoms. The number of hydrogen-bond acceptors (Lipinski definition) is 4. The van der Waals surface area contributed by atoms with E-state index >= 15 is 0 Å². The van der Waals surface area contributed by atoms with Crippen LogP contribution in [0.2, 0.25) is 0 Å². The Kier molecular flexibility index (Phi) is 4.72. The summed E-state index contributed by atoms with van der Waals surface area (Å²) < 4.78 is 33.8. The largest absolute Gasteiger partial charge is 0.493 e. The molecule has 0 saturated carbocycles. The molecule has 0 aliphatic carbocycles. The van der Waals surface area contributed by atoms with Crippen LogP contribution < -0.4 is 9.46 Å². The van der Waals surface area contributed by atoms with Crippen LogP contribution in [-0.4, -0.2) is 31.1 Å². The topological polar surface area (TPSA) is 73.2 Å². The van der Waals surface area contributed by atoms with Crippen LogP contribution in [0.1, 0.15) is 29.4 Å². The van der Waals surface area contributed by atoms with Crippen LogP contribution in [0.3, 0.4) is 0 Å². The molecule has 0 saturated heterocycles. The lowest BCUT2D eigenvalue weighted by molar-refractivity contribution is 0.263. The zero-order valence-corrected chi connectivity index (χ0v) is 17.0. The van der Waals surface area contributed by atoms with Crippen LogP contribution in [-0.2, 0) is 10.0 Å². The molecule has 4 rings (SSSR count). The first-order valence-electron chi connectivity index (χ1n) is 9.18. The van der Waals surface area contributed by atoms with Gasteiger partial charge in [-0.25, -0.2) is 17.8 Å². The SMILES string of the molecule is Cc1cc(C)n(-c2cccc(-c3ccc4c(c3)C(NS(C)(=O)=O)CCO4)c2)n1. The summed E-state index contributed by atoms with van der Waals surface area (Å²) in [5, 5.41) is 4.56. The molecule has 1 N–H and O–H groups in total. The highest BCUT2D eigenvalue weighted by molar-refractivity contribution is 7.88. The summed E-state index contributed by atoms with van der Waals surface area (Å²) >= 11 is 0. The number of rotatable bonds is 4. The molecule has 7 heteroatoms. The minimum atomic E-state index is -3.31. The van der Waals surface area contributed by atoms with E-state index in [4.69, 9.17) is 4.74 Å². The summed E-state index contributed by atoms with van der Waals surface area (Å²) in [6, 6.07) is 15.9. The fraction of sp³-hybridized carbons (Fsp3) is 0.286. The number of sulfonamides is 1. The average molecular weight is 398 g/mol. The molecule has 2 heterocycles. The Morgan fingerprint density at radius 2 is 1.89 bits per heavy atom. The number of fused-ring (bicyclic) bond motifs is 1. The lowest BCUT2D eigenvalue weighted by Crippen LogP contribution is -2.31. The van der Waals surface area contributed by atoms with Gasteiger partial charge in [-0.3, -0.25) is 0 Å². The molecular formula is C21H23N3O3S. The van der Waals surface area contributed by atoms with Crippen LogP contribution in [0.5, 0.6) is 5.75 Å². The molecule has 1 aliphatic heterocycles. The smallest absolute Gasteiger partial charge is 0.209 e. The first kappa shape index (κ1) is 18.7. The van der Waals surface area contributed by atoms with E-state index in [2.05, 4.69) is 15.9 Å². The van der Waals surface area contributed by atoms with Gasteiger partial charge in [-0.15, -0.1) is 0 Å². The minimum Gasteiger partial charge on any atom is -0.493 e. The summed E-state index contributed by atoms with van der Waals surface area (Å²) in [5.41, 5.74) is 5.95. The van der Waals surface area contributed by atoms with E-state index in [-0.39, 0.29) is 6.04 Å². The monoisotopic (exact) mass is 397 g/mol. The van der Waals surface area contributed by atoms with Gasteiger partial charge < -0.3 is 4.74 Å². The van der Waals surface area contributed by atoms with E-state index < -0.39 is 10.0 Å². The molecule has 1 unspecified atom stereocenters. The second kappa shape index (κ2) is 7.07. The van der Waals surface area contributed by atoms with Crippen molar-refractivity contribution in [3.8, 4) is 22.6 Å². The van der Waals surface area contributed by atoms with Crippen molar-refractivity contribution in [3.63, 3.8) is 0 Å². The molecule has 6 nitrogen and oxygen atoms in total. The maximum atomic E-state index is 11.7. The standard InChI is InChI=1S/C21H23N3O3S/c1-14-11-15(2)24(22-14)18-6-4-5-16(12-18)17-7-8-21-19(13-17)20(9-10-27-21)23-28(3,25)26/h4-8,11-13,20,23H,9-10H2,1-3H3. The highest BCUT2D eigenvalue weighted by Gasteiger charge is 2.24. The summed E-state index contributed by atoms with van der Waals surface area (Å²) in [7, 11) is -3.31. The van der Waals surface area contributed by atoms with Crippen molar-refractivity contribution in [2.45, 2.75) is 26.3 Å². The predicted octanol–water partition coefficient (Wildman–Crippen LogP) is 3.53. The van der Waals surface area contributed by atoms with Gasteiger partial charge in [-0.1, -0.05) is 18.2 Å². The minimum absolute atomic E-state index is 0.280. The molecule has 0 bridgehead atoms.